The first kappa shape index (κ1) is 21.4. The Balaban J connectivity index is 1.44. The average Bonchev–Trinajstić information content (AvgIpc) is 2.67. The van der Waals surface area contributed by atoms with Gasteiger partial charge in [0.1, 0.15) is 5.75 Å². The molecule has 1 saturated carbocycles. The second-order valence-corrected chi connectivity index (χ2v) is 8.30. The zero-order chi connectivity index (χ0) is 21.0. The third-order valence-corrected chi connectivity index (χ3v) is 5.64. The quantitative estimate of drug-likeness (QED) is 0.692. The molecule has 0 radical (unpaired) electrons. The summed E-state index contributed by atoms with van der Waals surface area (Å²) in [4.78, 5) is 28.7. The van der Waals surface area contributed by atoms with Gasteiger partial charge < -0.3 is 15.4 Å². The SMILES string of the molecule is CCc1cncc(C(=O)NC2CC(C)(NC(=O)COc3ccc(Cl)c(Cl)c3)C2)c1. The van der Waals surface area contributed by atoms with Crippen LogP contribution in [0.5, 0.6) is 5.75 Å². The molecule has 1 aliphatic rings. The molecule has 0 unspecified atom stereocenters. The topological polar surface area (TPSA) is 80.3 Å². The van der Waals surface area contributed by atoms with Crippen molar-refractivity contribution in [3.05, 3.63) is 57.8 Å². The highest BCUT2D eigenvalue weighted by molar-refractivity contribution is 6.42. The fourth-order valence-corrected chi connectivity index (χ4v) is 3.68. The summed E-state index contributed by atoms with van der Waals surface area (Å²) in [6.45, 7) is 3.84. The number of carbonyl (C=O) groups is 2. The molecular weight excluding hydrogens is 413 g/mol. The molecule has 1 heterocycles. The van der Waals surface area contributed by atoms with E-state index in [0.29, 0.717) is 34.2 Å². The van der Waals surface area contributed by atoms with E-state index in [2.05, 4.69) is 15.6 Å². The maximum atomic E-state index is 12.4. The van der Waals surface area contributed by atoms with Crippen LogP contribution in [0.15, 0.2) is 36.7 Å². The van der Waals surface area contributed by atoms with Gasteiger partial charge in [-0.1, -0.05) is 30.1 Å². The van der Waals surface area contributed by atoms with E-state index >= 15 is 0 Å². The van der Waals surface area contributed by atoms with E-state index in [1.54, 1.807) is 30.6 Å². The molecular formula is C21H23Cl2N3O3. The first-order valence-corrected chi connectivity index (χ1v) is 10.2. The maximum Gasteiger partial charge on any atom is 0.258 e. The van der Waals surface area contributed by atoms with Gasteiger partial charge in [0.2, 0.25) is 0 Å². The molecule has 2 amide bonds. The number of ether oxygens (including phenoxy) is 1. The highest BCUT2D eigenvalue weighted by Crippen LogP contribution is 2.32. The van der Waals surface area contributed by atoms with E-state index in [0.717, 1.165) is 12.0 Å². The molecule has 0 atom stereocenters. The zero-order valence-corrected chi connectivity index (χ0v) is 17.8. The van der Waals surface area contributed by atoms with Crippen molar-refractivity contribution >= 4 is 35.0 Å². The molecule has 154 valence electrons. The summed E-state index contributed by atoms with van der Waals surface area (Å²) in [5.41, 5.74) is 1.20. The van der Waals surface area contributed by atoms with Crippen LogP contribution >= 0.6 is 23.2 Å². The molecule has 0 bridgehead atoms. The fraction of sp³-hybridized carbons (Fsp3) is 0.381. The zero-order valence-electron chi connectivity index (χ0n) is 16.3. The lowest BCUT2D eigenvalue weighted by atomic mass is 9.74. The first-order valence-electron chi connectivity index (χ1n) is 9.41. The Labute approximate surface area is 179 Å². The van der Waals surface area contributed by atoms with Gasteiger partial charge in [-0.15, -0.1) is 0 Å². The second kappa shape index (κ2) is 9.01. The Morgan fingerprint density at radius 1 is 1.21 bits per heavy atom. The van der Waals surface area contributed by atoms with Crippen LogP contribution in [-0.4, -0.2) is 35.0 Å². The molecule has 0 aliphatic heterocycles. The summed E-state index contributed by atoms with van der Waals surface area (Å²) in [6.07, 6.45) is 5.45. The number of aryl methyl sites for hydroxylation is 1. The lowest BCUT2D eigenvalue weighted by Gasteiger charge is -2.45. The smallest absolute Gasteiger partial charge is 0.258 e. The number of rotatable bonds is 7. The van der Waals surface area contributed by atoms with Crippen LogP contribution in [0.4, 0.5) is 0 Å². The Kier molecular flexibility index (Phi) is 6.65. The summed E-state index contributed by atoms with van der Waals surface area (Å²) in [5.74, 6) is 0.0960. The molecule has 0 spiro atoms. The van der Waals surface area contributed by atoms with Crippen molar-refractivity contribution in [2.24, 2.45) is 0 Å². The highest BCUT2D eigenvalue weighted by Gasteiger charge is 2.42. The number of carbonyl (C=O) groups excluding carboxylic acids is 2. The molecule has 1 aromatic carbocycles. The van der Waals surface area contributed by atoms with E-state index < -0.39 is 0 Å². The Morgan fingerprint density at radius 2 is 1.97 bits per heavy atom. The van der Waals surface area contributed by atoms with Gasteiger partial charge in [-0.05, 0) is 49.9 Å². The van der Waals surface area contributed by atoms with Gasteiger partial charge in [0.05, 0.1) is 15.6 Å². The van der Waals surface area contributed by atoms with Crippen LogP contribution < -0.4 is 15.4 Å². The predicted octanol–water partition coefficient (Wildman–Crippen LogP) is 3.80. The number of benzene rings is 1. The molecule has 29 heavy (non-hydrogen) atoms. The van der Waals surface area contributed by atoms with Crippen LogP contribution in [0.3, 0.4) is 0 Å². The molecule has 0 saturated heterocycles. The van der Waals surface area contributed by atoms with E-state index in [9.17, 15) is 9.59 Å². The molecule has 2 N–H and O–H groups in total. The van der Waals surface area contributed by atoms with Crippen LogP contribution in [0.1, 0.15) is 42.6 Å². The van der Waals surface area contributed by atoms with E-state index in [-0.39, 0.29) is 30.0 Å². The van der Waals surface area contributed by atoms with E-state index in [1.165, 1.54) is 0 Å². The molecule has 8 heteroatoms. The summed E-state index contributed by atoms with van der Waals surface area (Å²) in [5, 5.41) is 6.75. The number of amides is 2. The lowest BCUT2D eigenvalue weighted by molar-refractivity contribution is -0.126. The predicted molar refractivity (Wildman–Crippen MR) is 113 cm³/mol. The molecule has 3 rings (SSSR count). The molecule has 1 aliphatic carbocycles. The van der Waals surface area contributed by atoms with Crippen molar-refractivity contribution < 1.29 is 14.3 Å². The van der Waals surface area contributed by atoms with Crippen molar-refractivity contribution in [1.82, 2.24) is 15.6 Å². The number of halogens is 2. The lowest BCUT2D eigenvalue weighted by Crippen LogP contribution is -2.62. The minimum absolute atomic E-state index is 0.00840. The monoisotopic (exact) mass is 435 g/mol. The third kappa shape index (κ3) is 5.61. The van der Waals surface area contributed by atoms with Gasteiger partial charge in [-0.2, -0.15) is 0 Å². The summed E-state index contributed by atoms with van der Waals surface area (Å²) < 4.78 is 5.46. The van der Waals surface area contributed by atoms with Gasteiger partial charge in [0.25, 0.3) is 11.8 Å². The standard InChI is InChI=1S/C21H23Cl2N3O3/c1-3-13-6-14(11-24-10-13)20(28)25-15-8-21(2,9-15)26-19(27)12-29-16-4-5-17(22)18(23)7-16/h4-7,10-11,15H,3,8-9,12H2,1-2H3,(H,25,28)(H,26,27). The minimum Gasteiger partial charge on any atom is -0.484 e. The summed E-state index contributed by atoms with van der Waals surface area (Å²) in [6, 6.07) is 6.69. The van der Waals surface area contributed by atoms with Gasteiger partial charge >= 0.3 is 0 Å². The second-order valence-electron chi connectivity index (χ2n) is 7.49. The number of pyridine rings is 1. The molecule has 1 fully saturated rings. The van der Waals surface area contributed by atoms with Crippen LogP contribution in [-0.2, 0) is 11.2 Å². The molecule has 1 aromatic heterocycles. The van der Waals surface area contributed by atoms with Gasteiger partial charge in [0, 0.05) is 30.0 Å². The normalized spacial score (nSPS) is 20.5. The van der Waals surface area contributed by atoms with Crippen molar-refractivity contribution in [2.75, 3.05) is 6.61 Å². The van der Waals surface area contributed by atoms with Gasteiger partial charge in [-0.25, -0.2) is 0 Å². The summed E-state index contributed by atoms with van der Waals surface area (Å²) in [7, 11) is 0. The van der Waals surface area contributed by atoms with Crippen molar-refractivity contribution in [1.29, 1.82) is 0 Å². The Bertz CT molecular complexity index is 914. The van der Waals surface area contributed by atoms with Crippen molar-refractivity contribution in [2.45, 2.75) is 44.7 Å². The molecule has 2 aromatic rings. The van der Waals surface area contributed by atoms with E-state index in [1.807, 2.05) is 19.9 Å². The van der Waals surface area contributed by atoms with Gasteiger partial charge in [-0.3, -0.25) is 14.6 Å². The Morgan fingerprint density at radius 3 is 2.66 bits per heavy atom. The number of aromatic nitrogens is 1. The van der Waals surface area contributed by atoms with Crippen molar-refractivity contribution in [3.8, 4) is 5.75 Å². The van der Waals surface area contributed by atoms with E-state index in [4.69, 9.17) is 27.9 Å². The highest BCUT2D eigenvalue weighted by atomic mass is 35.5. The summed E-state index contributed by atoms with van der Waals surface area (Å²) >= 11 is 11.8. The first-order chi connectivity index (χ1) is 13.8. The van der Waals surface area contributed by atoms with Crippen LogP contribution in [0.2, 0.25) is 10.0 Å². The number of nitrogens with one attached hydrogen (secondary N) is 2. The number of nitrogens with zero attached hydrogens (tertiary/aromatic N) is 1. The fourth-order valence-electron chi connectivity index (χ4n) is 3.39. The number of hydrogen-bond acceptors (Lipinski definition) is 4. The Hall–Kier alpha value is -2.31. The average molecular weight is 436 g/mol. The van der Waals surface area contributed by atoms with Gasteiger partial charge in [0.15, 0.2) is 6.61 Å². The third-order valence-electron chi connectivity index (χ3n) is 4.90. The minimum atomic E-state index is -0.375. The van der Waals surface area contributed by atoms with Crippen LogP contribution in [0.25, 0.3) is 0 Å². The van der Waals surface area contributed by atoms with Crippen LogP contribution in [0, 0.1) is 0 Å². The maximum absolute atomic E-state index is 12.4. The largest absolute Gasteiger partial charge is 0.484 e. The number of hydrogen-bond donors (Lipinski definition) is 2. The molecule has 6 nitrogen and oxygen atoms in total. The van der Waals surface area contributed by atoms with Crippen molar-refractivity contribution in [3.63, 3.8) is 0 Å².